The van der Waals surface area contributed by atoms with Gasteiger partial charge in [0.2, 0.25) is 6.10 Å². The zero-order valence-electron chi connectivity index (χ0n) is 9.26. The third-order valence-electron chi connectivity index (χ3n) is 2.09. The van der Waals surface area contributed by atoms with E-state index in [-0.39, 0.29) is 11.3 Å². The van der Waals surface area contributed by atoms with Gasteiger partial charge < -0.3 is 14.9 Å². The van der Waals surface area contributed by atoms with E-state index in [9.17, 15) is 18.4 Å². The van der Waals surface area contributed by atoms with Gasteiger partial charge in [0.25, 0.3) is 0 Å². The molecule has 1 aromatic rings. The maximum absolute atomic E-state index is 13.4. The SMILES string of the molecule is CC(=O)OC(c1ccc(O)cc1)C(F)(F)C(=O)O. The quantitative estimate of drug-likeness (QED) is 0.805. The number of phenolic OH excluding ortho intramolecular Hbond substituents is 1. The number of ether oxygens (including phenoxy) is 1. The van der Waals surface area contributed by atoms with E-state index in [4.69, 9.17) is 10.2 Å². The van der Waals surface area contributed by atoms with Crippen LogP contribution in [0.2, 0.25) is 0 Å². The minimum absolute atomic E-state index is 0.182. The molecule has 1 atom stereocenters. The molecule has 1 unspecified atom stereocenters. The summed E-state index contributed by atoms with van der Waals surface area (Å²) in [4.78, 5) is 21.3. The fourth-order valence-electron chi connectivity index (χ4n) is 1.28. The van der Waals surface area contributed by atoms with Crippen LogP contribution in [0.5, 0.6) is 5.75 Å². The van der Waals surface area contributed by atoms with Crippen molar-refractivity contribution in [3.05, 3.63) is 29.8 Å². The molecule has 7 heteroatoms. The van der Waals surface area contributed by atoms with Gasteiger partial charge in [-0.25, -0.2) is 4.79 Å². The van der Waals surface area contributed by atoms with Gasteiger partial charge in [-0.2, -0.15) is 8.78 Å². The minimum Gasteiger partial charge on any atom is -0.508 e. The predicted molar refractivity (Wildman–Crippen MR) is 55.2 cm³/mol. The van der Waals surface area contributed by atoms with Gasteiger partial charge in [-0.3, -0.25) is 4.79 Å². The van der Waals surface area contributed by atoms with Gasteiger partial charge in [0.05, 0.1) is 0 Å². The summed E-state index contributed by atoms with van der Waals surface area (Å²) in [6, 6.07) is 4.28. The fraction of sp³-hybridized carbons (Fsp3) is 0.273. The highest BCUT2D eigenvalue weighted by Crippen LogP contribution is 2.35. The molecule has 0 aliphatic rings. The lowest BCUT2D eigenvalue weighted by atomic mass is 10.0. The van der Waals surface area contributed by atoms with E-state index in [0.717, 1.165) is 31.2 Å². The van der Waals surface area contributed by atoms with Gasteiger partial charge >= 0.3 is 17.9 Å². The molecule has 2 N–H and O–H groups in total. The topological polar surface area (TPSA) is 83.8 Å². The molecule has 0 saturated heterocycles. The number of carboxylic acid groups (broad SMARTS) is 1. The van der Waals surface area contributed by atoms with Crippen molar-refractivity contribution in [3.63, 3.8) is 0 Å². The molecule has 0 heterocycles. The van der Waals surface area contributed by atoms with Gasteiger partial charge in [0.15, 0.2) is 0 Å². The van der Waals surface area contributed by atoms with Crippen molar-refractivity contribution in [2.45, 2.75) is 19.0 Å². The molecule has 1 rings (SSSR count). The van der Waals surface area contributed by atoms with E-state index in [1.54, 1.807) is 0 Å². The third kappa shape index (κ3) is 2.93. The molecule has 0 radical (unpaired) electrons. The average Bonchev–Trinajstić information content (AvgIpc) is 2.26. The number of phenols is 1. The summed E-state index contributed by atoms with van der Waals surface area (Å²) in [6.45, 7) is 0.894. The summed E-state index contributed by atoms with van der Waals surface area (Å²) >= 11 is 0. The van der Waals surface area contributed by atoms with Crippen molar-refractivity contribution in [3.8, 4) is 5.75 Å². The number of benzene rings is 1. The minimum atomic E-state index is -4.26. The summed E-state index contributed by atoms with van der Waals surface area (Å²) in [5, 5.41) is 17.5. The Morgan fingerprint density at radius 3 is 2.17 bits per heavy atom. The summed E-state index contributed by atoms with van der Waals surface area (Å²) in [5.41, 5.74) is -0.226. The molecule has 18 heavy (non-hydrogen) atoms. The molecule has 98 valence electrons. The van der Waals surface area contributed by atoms with E-state index in [1.165, 1.54) is 0 Å². The molecule has 1 aromatic carbocycles. The number of hydrogen-bond donors (Lipinski definition) is 2. The third-order valence-corrected chi connectivity index (χ3v) is 2.09. The second-order valence-electron chi connectivity index (χ2n) is 3.51. The number of hydrogen-bond acceptors (Lipinski definition) is 4. The number of carboxylic acids is 1. The molecule has 0 saturated carbocycles. The van der Waals surface area contributed by atoms with Crippen LogP contribution in [0.3, 0.4) is 0 Å². The van der Waals surface area contributed by atoms with Crippen LogP contribution >= 0.6 is 0 Å². The average molecular weight is 260 g/mol. The maximum atomic E-state index is 13.4. The molecule has 5 nitrogen and oxygen atoms in total. The molecular formula is C11H10F2O5. The molecule has 0 bridgehead atoms. The van der Waals surface area contributed by atoms with Crippen molar-refractivity contribution in [2.24, 2.45) is 0 Å². The molecule has 0 aliphatic carbocycles. The number of aromatic hydroxyl groups is 1. The zero-order chi connectivity index (χ0) is 13.9. The summed E-state index contributed by atoms with van der Waals surface area (Å²) in [7, 11) is 0. The van der Waals surface area contributed by atoms with E-state index < -0.39 is 24.0 Å². The van der Waals surface area contributed by atoms with Crippen LogP contribution in [0.15, 0.2) is 24.3 Å². The fourth-order valence-corrected chi connectivity index (χ4v) is 1.28. The molecule has 0 aromatic heterocycles. The highest BCUT2D eigenvalue weighted by Gasteiger charge is 2.50. The standard InChI is InChI=1S/C11H10F2O5/c1-6(14)18-9(11(12,13)10(16)17)7-2-4-8(15)5-3-7/h2-5,9,15H,1H3,(H,16,17). The second kappa shape index (κ2) is 4.99. The highest BCUT2D eigenvalue weighted by atomic mass is 19.3. The van der Waals surface area contributed by atoms with Crippen LogP contribution in [0.25, 0.3) is 0 Å². The van der Waals surface area contributed by atoms with Gasteiger partial charge in [-0.1, -0.05) is 12.1 Å². The second-order valence-corrected chi connectivity index (χ2v) is 3.51. The Bertz CT molecular complexity index is 455. The Labute approximate surface area is 101 Å². The van der Waals surface area contributed by atoms with Gasteiger partial charge in [-0.05, 0) is 17.7 Å². The molecular weight excluding hydrogens is 250 g/mol. The molecule has 0 amide bonds. The first-order valence-corrected chi connectivity index (χ1v) is 4.82. The van der Waals surface area contributed by atoms with Crippen molar-refractivity contribution in [1.82, 2.24) is 0 Å². The largest absolute Gasteiger partial charge is 0.508 e. The summed E-state index contributed by atoms with van der Waals surface area (Å²) < 4.78 is 31.2. The van der Waals surface area contributed by atoms with Crippen LogP contribution in [0.1, 0.15) is 18.6 Å². The Hall–Kier alpha value is -2.18. The van der Waals surface area contributed by atoms with Crippen molar-refractivity contribution < 1.29 is 33.3 Å². The number of rotatable bonds is 4. The zero-order valence-corrected chi connectivity index (χ0v) is 9.26. The summed E-state index contributed by atoms with van der Waals surface area (Å²) in [5.74, 6) is -7.88. The first kappa shape index (κ1) is 13.9. The number of halogens is 2. The van der Waals surface area contributed by atoms with Crippen molar-refractivity contribution in [1.29, 1.82) is 0 Å². The van der Waals surface area contributed by atoms with E-state index >= 15 is 0 Å². The van der Waals surface area contributed by atoms with Crippen LogP contribution in [0, 0.1) is 0 Å². The van der Waals surface area contributed by atoms with E-state index in [2.05, 4.69) is 4.74 Å². The number of carbonyl (C=O) groups excluding carboxylic acids is 1. The number of aliphatic carboxylic acids is 1. The number of carbonyl (C=O) groups is 2. The van der Waals surface area contributed by atoms with E-state index in [0.29, 0.717) is 0 Å². The normalized spacial score (nSPS) is 12.8. The summed E-state index contributed by atoms with van der Waals surface area (Å²) in [6.07, 6.45) is -2.24. The Morgan fingerprint density at radius 1 is 1.28 bits per heavy atom. The van der Waals surface area contributed by atoms with Crippen LogP contribution < -0.4 is 0 Å². The van der Waals surface area contributed by atoms with Crippen LogP contribution in [0.4, 0.5) is 8.78 Å². The first-order chi connectivity index (χ1) is 8.25. The Balaban J connectivity index is 3.17. The Morgan fingerprint density at radius 2 is 1.78 bits per heavy atom. The van der Waals surface area contributed by atoms with Crippen LogP contribution in [-0.2, 0) is 14.3 Å². The molecule has 0 aliphatic heterocycles. The highest BCUT2D eigenvalue weighted by molar-refractivity contribution is 5.77. The lowest BCUT2D eigenvalue weighted by Gasteiger charge is -2.23. The molecule has 0 spiro atoms. The number of alkyl halides is 2. The maximum Gasteiger partial charge on any atom is 0.382 e. The van der Waals surface area contributed by atoms with Gasteiger partial charge in [0, 0.05) is 6.92 Å². The van der Waals surface area contributed by atoms with Crippen LogP contribution in [-0.4, -0.2) is 28.1 Å². The molecule has 0 fully saturated rings. The van der Waals surface area contributed by atoms with Crippen molar-refractivity contribution >= 4 is 11.9 Å². The Kier molecular flexibility index (Phi) is 3.85. The predicted octanol–water partition coefficient (Wildman–Crippen LogP) is 1.72. The number of esters is 1. The van der Waals surface area contributed by atoms with Gasteiger partial charge in [0.1, 0.15) is 5.75 Å². The van der Waals surface area contributed by atoms with Gasteiger partial charge in [-0.15, -0.1) is 0 Å². The van der Waals surface area contributed by atoms with E-state index in [1.807, 2.05) is 0 Å². The first-order valence-electron chi connectivity index (χ1n) is 4.82. The lowest BCUT2D eigenvalue weighted by Crippen LogP contribution is -2.37. The van der Waals surface area contributed by atoms with Crippen molar-refractivity contribution in [2.75, 3.05) is 0 Å². The monoisotopic (exact) mass is 260 g/mol. The lowest BCUT2D eigenvalue weighted by molar-refractivity contribution is -0.193. The smallest absolute Gasteiger partial charge is 0.382 e.